The molecular weight excluding hydrogens is 412 g/mol. The molecule has 0 aliphatic carbocycles. The highest BCUT2D eigenvalue weighted by Gasteiger charge is 2.37. The number of alkyl carbamates (subject to hydrolysis) is 1. The predicted octanol–water partition coefficient (Wildman–Crippen LogP) is 5.06. The molecule has 0 saturated carbocycles. The molecular formula is C24H34N2O6. The minimum absolute atomic E-state index is 0.622. The summed E-state index contributed by atoms with van der Waals surface area (Å²) in [7, 11) is 0. The first-order chi connectivity index (χ1) is 14.5. The third-order valence-electron chi connectivity index (χ3n) is 3.22. The highest BCUT2D eigenvalue weighted by molar-refractivity contribution is 5.89. The Balaban J connectivity index is 3.42. The lowest BCUT2D eigenvalue weighted by molar-refractivity contribution is -0.00655. The molecule has 0 radical (unpaired) electrons. The van der Waals surface area contributed by atoms with Gasteiger partial charge in [0.15, 0.2) is 6.17 Å². The van der Waals surface area contributed by atoms with E-state index in [1.54, 1.807) is 86.6 Å². The number of benzene rings is 1. The molecule has 0 aliphatic rings. The molecule has 0 fully saturated rings. The van der Waals surface area contributed by atoms with Gasteiger partial charge in [-0.2, -0.15) is 4.90 Å². The van der Waals surface area contributed by atoms with Gasteiger partial charge in [0.2, 0.25) is 0 Å². The number of hydrogen-bond donors (Lipinski definition) is 1. The van der Waals surface area contributed by atoms with Gasteiger partial charge in [0.1, 0.15) is 16.8 Å². The molecule has 0 spiro atoms. The SMILES string of the molecule is CC(C)(C)OC(=O)NC(C#Cc1ccccc1)N(C(=O)OC(C)(C)C)C(=O)OC(C)(C)C. The maximum Gasteiger partial charge on any atom is 0.422 e. The van der Waals surface area contributed by atoms with Crippen LogP contribution in [0.2, 0.25) is 0 Å². The summed E-state index contributed by atoms with van der Waals surface area (Å²) < 4.78 is 16.0. The second kappa shape index (κ2) is 10.4. The van der Waals surface area contributed by atoms with Gasteiger partial charge in [-0.15, -0.1) is 0 Å². The van der Waals surface area contributed by atoms with Gasteiger partial charge in [0.25, 0.3) is 0 Å². The maximum absolute atomic E-state index is 12.9. The number of rotatable bonds is 2. The number of nitrogens with one attached hydrogen (secondary N) is 1. The average molecular weight is 447 g/mol. The molecule has 8 heteroatoms. The lowest BCUT2D eigenvalue weighted by Gasteiger charge is -2.32. The molecule has 1 atom stereocenters. The lowest BCUT2D eigenvalue weighted by Crippen LogP contribution is -2.55. The van der Waals surface area contributed by atoms with Crippen molar-refractivity contribution in [1.82, 2.24) is 10.2 Å². The van der Waals surface area contributed by atoms with E-state index in [0.29, 0.717) is 10.5 Å². The third-order valence-corrected chi connectivity index (χ3v) is 3.22. The van der Waals surface area contributed by atoms with Crippen molar-refractivity contribution in [3.63, 3.8) is 0 Å². The van der Waals surface area contributed by atoms with Crippen molar-refractivity contribution >= 4 is 18.3 Å². The summed E-state index contributed by atoms with van der Waals surface area (Å²) in [5.74, 6) is 5.60. The van der Waals surface area contributed by atoms with Gasteiger partial charge >= 0.3 is 18.3 Å². The fourth-order valence-corrected chi connectivity index (χ4v) is 2.17. The van der Waals surface area contributed by atoms with E-state index in [1.807, 2.05) is 6.07 Å². The first-order valence-corrected chi connectivity index (χ1v) is 10.3. The molecule has 3 amide bonds. The van der Waals surface area contributed by atoms with Crippen molar-refractivity contribution in [3.05, 3.63) is 35.9 Å². The topological polar surface area (TPSA) is 94.2 Å². The van der Waals surface area contributed by atoms with Crippen molar-refractivity contribution in [3.8, 4) is 11.8 Å². The zero-order chi connectivity index (χ0) is 24.7. The minimum atomic E-state index is -1.41. The standard InChI is InChI=1S/C24H34N2O6/c1-22(2,3)30-19(27)25-18(16-15-17-13-11-10-12-14-17)26(20(28)31-23(4,5)6)21(29)32-24(7,8)9/h10-14,18H,1-9H3,(H,25,27). The van der Waals surface area contributed by atoms with Gasteiger partial charge in [0.05, 0.1) is 0 Å². The van der Waals surface area contributed by atoms with Crippen LogP contribution in [0, 0.1) is 11.8 Å². The molecule has 32 heavy (non-hydrogen) atoms. The van der Waals surface area contributed by atoms with Gasteiger partial charge < -0.3 is 14.2 Å². The summed E-state index contributed by atoms with van der Waals surface area (Å²) >= 11 is 0. The van der Waals surface area contributed by atoms with Gasteiger partial charge in [-0.25, -0.2) is 14.4 Å². The van der Waals surface area contributed by atoms with E-state index >= 15 is 0 Å². The van der Waals surface area contributed by atoms with Crippen LogP contribution in [-0.4, -0.2) is 46.1 Å². The normalized spacial score (nSPS) is 12.5. The molecule has 1 N–H and O–H groups in total. The lowest BCUT2D eigenvalue weighted by atomic mass is 10.2. The van der Waals surface area contributed by atoms with Crippen LogP contribution in [0.25, 0.3) is 0 Å². The van der Waals surface area contributed by atoms with Crippen molar-refractivity contribution in [2.75, 3.05) is 0 Å². The first-order valence-electron chi connectivity index (χ1n) is 10.3. The van der Waals surface area contributed by atoms with Gasteiger partial charge in [-0.3, -0.25) is 5.32 Å². The molecule has 1 unspecified atom stereocenters. The molecule has 8 nitrogen and oxygen atoms in total. The fraction of sp³-hybridized carbons (Fsp3) is 0.542. The monoisotopic (exact) mass is 446 g/mol. The molecule has 1 aromatic carbocycles. The Labute approximate surface area is 190 Å². The Hall–Kier alpha value is -3.21. The summed E-state index contributed by atoms with van der Waals surface area (Å²) in [6.07, 6.45) is -4.30. The zero-order valence-electron chi connectivity index (χ0n) is 20.4. The van der Waals surface area contributed by atoms with Crippen LogP contribution in [-0.2, 0) is 14.2 Å². The zero-order valence-corrected chi connectivity index (χ0v) is 20.4. The predicted molar refractivity (Wildman–Crippen MR) is 121 cm³/mol. The van der Waals surface area contributed by atoms with Gasteiger partial charge in [-0.1, -0.05) is 24.1 Å². The smallest absolute Gasteiger partial charge is 0.422 e. The molecule has 1 aromatic rings. The fourth-order valence-electron chi connectivity index (χ4n) is 2.17. The van der Waals surface area contributed by atoms with Crippen LogP contribution in [0.1, 0.15) is 67.9 Å². The van der Waals surface area contributed by atoms with Crippen molar-refractivity contribution < 1.29 is 28.6 Å². The van der Waals surface area contributed by atoms with Crippen LogP contribution in [0.5, 0.6) is 0 Å². The summed E-state index contributed by atoms with van der Waals surface area (Å²) in [5, 5.41) is 2.47. The van der Waals surface area contributed by atoms with E-state index in [0.717, 1.165) is 0 Å². The van der Waals surface area contributed by atoms with Gasteiger partial charge in [0, 0.05) is 5.56 Å². The largest absolute Gasteiger partial charge is 0.444 e. The van der Waals surface area contributed by atoms with Crippen LogP contribution in [0.15, 0.2) is 30.3 Å². The summed E-state index contributed by atoms with van der Waals surface area (Å²) in [6, 6.07) is 8.92. The van der Waals surface area contributed by atoms with Crippen LogP contribution < -0.4 is 5.32 Å². The Bertz CT molecular complexity index is 836. The first kappa shape index (κ1) is 26.8. The number of amides is 3. The van der Waals surface area contributed by atoms with Crippen molar-refractivity contribution in [2.45, 2.75) is 85.3 Å². The van der Waals surface area contributed by atoms with E-state index in [9.17, 15) is 14.4 Å². The highest BCUT2D eigenvalue weighted by atomic mass is 16.6. The minimum Gasteiger partial charge on any atom is -0.444 e. The molecule has 176 valence electrons. The highest BCUT2D eigenvalue weighted by Crippen LogP contribution is 2.17. The Morgan fingerprint density at radius 1 is 0.781 bits per heavy atom. The van der Waals surface area contributed by atoms with E-state index in [-0.39, 0.29) is 0 Å². The second-order valence-electron chi connectivity index (χ2n) is 10.0. The van der Waals surface area contributed by atoms with Gasteiger partial charge in [-0.05, 0) is 80.4 Å². The Morgan fingerprint density at radius 3 is 1.62 bits per heavy atom. The molecule has 0 saturated heterocycles. The molecule has 0 heterocycles. The van der Waals surface area contributed by atoms with E-state index < -0.39 is 41.2 Å². The second-order valence-corrected chi connectivity index (χ2v) is 10.0. The molecule has 0 bridgehead atoms. The number of imide groups is 1. The number of hydrogen-bond acceptors (Lipinski definition) is 6. The Morgan fingerprint density at radius 2 is 1.22 bits per heavy atom. The summed E-state index contributed by atoms with van der Waals surface area (Å²) in [6.45, 7) is 15.0. The van der Waals surface area contributed by atoms with Crippen LogP contribution in [0.3, 0.4) is 0 Å². The molecule has 0 aliphatic heterocycles. The molecule has 1 rings (SSSR count). The average Bonchev–Trinajstić information content (AvgIpc) is 2.55. The summed E-state index contributed by atoms with van der Waals surface area (Å²) in [5.41, 5.74) is -1.98. The summed E-state index contributed by atoms with van der Waals surface area (Å²) in [4.78, 5) is 39.0. The van der Waals surface area contributed by atoms with Crippen LogP contribution >= 0.6 is 0 Å². The van der Waals surface area contributed by atoms with Crippen molar-refractivity contribution in [2.24, 2.45) is 0 Å². The molecule has 0 aromatic heterocycles. The number of nitrogens with zero attached hydrogens (tertiary/aromatic N) is 1. The van der Waals surface area contributed by atoms with E-state index in [4.69, 9.17) is 14.2 Å². The number of carbonyl (C=O) groups excluding carboxylic acids is 3. The van der Waals surface area contributed by atoms with E-state index in [2.05, 4.69) is 17.2 Å². The number of carbonyl (C=O) groups is 3. The van der Waals surface area contributed by atoms with Crippen molar-refractivity contribution in [1.29, 1.82) is 0 Å². The third kappa shape index (κ3) is 10.7. The van der Waals surface area contributed by atoms with Crippen LogP contribution in [0.4, 0.5) is 14.4 Å². The Kier molecular flexibility index (Phi) is 8.72. The quantitative estimate of drug-likeness (QED) is 0.388. The number of ether oxygens (including phenoxy) is 3. The van der Waals surface area contributed by atoms with E-state index in [1.165, 1.54) is 0 Å². The maximum atomic E-state index is 12.9.